The minimum atomic E-state index is -0.0828. The number of ketones is 1. The molecule has 0 aliphatic heterocycles. The molecule has 7 atom stereocenters. The van der Waals surface area contributed by atoms with Crippen LogP contribution in [0.1, 0.15) is 58.8 Å². The maximum Gasteiger partial charge on any atom is 0.155 e. The first-order chi connectivity index (χ1) is 10.0. The molecule has 0 spiro atoms. The van der Waals surface area contributed by atoms with Gasteiger partial charge in [0.1, 0.15) is 0 Å². The fourth-order valence-corrected chi connectivity index (χ4v) is 6.56. The van der Waals surface area contributed by atoms with Gasteiger partial charge in [0.2, 0.25) is 0 Å². The van der Waals surface area contributed by atoms with Crippen molar-refractivity contribution in [1.82, 2.24) is 0 Å². The van der Waals surface area contributed by atoms with Crippen LogP contribution in [0, 0.1) is 35.0 Å². The quantitative estimate of drug-likeness (QED) is 0.737. The van der Waals surface area contributed by atoms with Crippen LogP contribution in [0.25, 0.3) is 0 Å². The van der Waals surface area contributed by atoms with Crippen molar-refractivity contribution in [2.24, 2.45) is 35.0 Å². The lowest BCUT2D eigenvalue weighted by atomic mass is 9.49. The van der Waals surface area contributed by atoms with Crippen molar-refractivity contribution < 1.29 is 9.90 Å². The van der Waals surface area contributed by atoms with Gasteiger partial charge in [0.15, 0.2) is 5.78 Å². The third kappa shape index (κ3) is 1.91. The van der Waals surface area contributed by atoms with E-state index < -0.39 is 0 Å². The van der Waals surface area contributed by atoms with Gasteiger partial charge in [0.25, 0.3) is 0 Å². The van der Waals surface area contributed by atoms with Crippen molar-refractivity contribution in [2.45, 2.75) is 64.9 Å². The van der Waals surface area contributed by atoms with Gasteiger partial charge in [0, 0.05) is 6.42 Å². The SMILES string of the molecule is C[C@@H]1CC2=CC(=O)CCC2[C@H]2CC[C@]3(C)[C@@H](O)CC[C@H]3[C@H]12. The van der Waals surface area contributed by atoms with Gasteiger partial charge in [-0.2, -0.15) is 0 Å². The average Bonchev–Trinajstić information content (AvgIpc) is 2.74. The summed E-state index contributed by atoms with van der Waals surface area (Å²) in [6.45, 7) is 4.73. The zero-order valence-corrected chi connectivity index (χ0v) is 13.3. The topological polar surface area (TPSA) is 37.3 Å². The second-order valence-corrected chi connectivity index (χ2v) is 8.50. The molecule has 3 saturated carbocycles. The number of carbonyl (C=O) groups is 1. The molecule has 0 amide bonds. The first kappa shape index (κ1) is 14.0. The maximum absolute atomic E-state index is 11.8. The van der Waals surface area contributed by atoms with Gasteiger partial charge in [-0.25, -0.2) is 0 Å². The zero-order chi connectivity index (χ0) is 14.8. The fraction of sp³-hybridized carbons (Fsp3) is 0.842. The molecule has 4 rings (SSSR count). The van der Waals surface area contributed by atoms with Crippen LogP contribution >= 0.6 is 0 Å². The normalized spacial score (nSPS) is 52.7. The first-order valence-electron chi connectivity index (χ1n) is 8.92. The Balaban J connectivity index is 1.68. The van der Waals surface area contributed by atoms with E-state index in [4.69, 9.17) is 0 Å². The monoisotopic (exact) mass is 288 g/mol. The number of carbonyl (C=O) groups excluding carboxylic acids is 1. The minimum Gasteiger partial charge on any atom is -0.393 e. The Morgan fingerprint density at radius 3 is 2.86 bits per heavy atom. The Morgan fingerprint density at radius 2 is 2.05 bits per heavy atom. The van der Waals surface area contributed by atoms with Gasteiger partial charge in [0.05, 0.1) is 6.10 Å². The van der Waals surface area contributed by atoms with E-state index in [0.717, 1.165) is 37.5 Å². The molecule has 0 aromatic rings. The number of aliphatic hydroxyl groups is 1. The Kier molecular flexibility index (Phi) is 3.12. The summed E-state index contributed by atoms with van der Waals surface area (Å²) in [6, 6.07) is 0. The van der Waals surface area contributed by atoms with Crippen molar-refractivity contribution in [1.29, 1.82) is 0 Å². The second-order valence-electron chi connectivity index (χ2n) is 8.50. The van der Waals surface area contributed by atoms with E-state index in [1.54, 1.807) is 0 Å². The molecule has 0 heterocycles. The van der Waals surface area contributed by atoms with Gasteiger partial charge < -0.3 is 5.11 Å². The Bertz CT molecular complexity index is 494. The molecule has 0 saturated heterocycles. The predicted octanol–water partition coefficient (Wildman–Crippen LogP) is 3.74. The lowest BCUT2D eigenvalue weighted by molar-refractivity contribution is -0.116. The number of hydrogen-bond acceptors (Lipinski definition) is 2. The standard InChI is InChI=1S/C19H28O2/c1-11-9-12-10-13(20)3-4-14(12)15-7-8-19(2)16(18(11)15)5-6-17(19)21/h10-11,14-18,21H,3-9H2,1-2H3/t11-,14?,15-,16+,17+,18-,19+/m1/s1. The van der Waals surface area contributed by atoms with Crippen molar-refractivity contribution in [3.05, 3.63) is 11.6 Å². The molecule has 2 heteroatoms. The molecule has 0 bridgehead atoms. The van der Waals surface area contributed by atoms with E-state index in [0.29, 0.717) is 23.5 Å². The molecule has 4 aliphatic carbocycles. The van der Waals surface area contributed by atoms with Crippen molar-refractivity contribution in [3.63, 3.8) is 0 Å². The van der Waals surface area contributed by atoms with Crippen LogP contribution in [-0.4, -0.2) is 17.0 Å². The summed E-state index contributed by atoms with van der Waals surface area (Å²) >= 11 is 0. The van der Waals surface area contributed by atoms with E-state index >= 15 is 0 Å². The molecule has 1 N–H and O–H groups in total. The number of fused-ring (bicyclic) bond motifs is 5. The van der Waals surface area contributed by atoms with E-state index in [-0.39, 0.29) is 11.5 Å². The molecule has 0 aromatic carbocycles. The van der Waals surface area contributed by atoms with Gasteiger partial charge in [-0.15, -0.1) is 0 Å². The Morgan fingerprint density at radius 1 is 1.24 bits per heavy atom. The van der Waals surface area contributed by atoms with Crippen LogP contribution in [0.4, 0.5) is 0 Å². The summed E-state index contributed by atoms with van der Waals surface area (Å²) in [5.74, 6) is 3.96. The highest BCUT2D eigenvalue weighted by Gasteiger charge is 2.57. The number of hydrogen-bond donors (Lipinski definition) is 1. The highest BCUT2D eigenvalue weighted by Crippen LogP contribution is 2.62. The molecule has 4 aliphatic rings. The molecule has 1 unspecified atom stereocenters. The average molecular weight is 288 g/mol. The largest absolute Gasteiger partial charge is 0.393 e. The maximum atomic E-state index is 11.8. The molecule has 0 aromatic heterocycles. The van der Waals surface area contributed by atoms with Crippen LogP contribution in [-0.2, 0) is 4.79 Å². The van der Waals surface area contributed by atoms with Crippen LogP contribution in [0.15, 0.2) is 11.6 Å². The van der Waals surface area contributed by atoms with Crippen molar-refractivity contribution >= 4 is 5.78 Å². The second kappa shape index (κ2) is 4.68. The van der Waals surface area contributed by atoms with E-state index in [9.17, 15) is 9.90 Å². The summed E-state index contributed by atoms with van der Waals surface area (Å²) in [6.07, 6.45) is 9.54. The van der Waals surface area contributed by atoms with E-state index in [2.05, 4.69) is 13.8 Å². The summed E-state index contributed by atoms with van der Waals surface area (Å²) in [5, 5.41) is 10.5. The number of aliphatic hydroxyl groups excluding tert-OH is 1. The van der Waals surface area contributed by atoms with Crippen LogP contribution < -0.4 is 0 Å². The molecular weight excluding hydrogens is 260 g/mol. The van der Waals surface area contributed by atoms with Gasteiger partial charge in [-0.05, 0) is 79.6 Å². The Hall–Kier alpha value is -0.630. The van der Waals surface area contributed by atoms with Crippen molar-refractivity contribution in [2.75, 3.05) is 0 Å². The van der Waals surface area contributed by atoms with Gasteiger partial charge in [-0.3, -0.25) is 4.79 Å². The lowest BCUT2D eigenvalue weighted by Gasteiger charge is -2.55. The number of allylic oxidation sites excluding steroid dienone is 1. The van der Waals surface area contributed by atoms with Crippen LogP contribution in [0.5, 0.6) is 0 Å². The lowest BCUT2D eigenvalue weighted by Crippen LogP contribution is -2.50. The summed E-state index contributed by atoms with van der Waals surface area (Å²) in [4.78, 5) is 11.8. The molecule has 21 heavy (non-hydrogen) atoms. The van der Waals surface area contributed by atoms with E-state index in [1.165, 1.54) is 24.8 Å². The first-order valence-corrected chi connectivity index (χ1v) is 8.92. The highest BCUT2D eigenvalue weighted by molar-refractivity contribution is 5.91. The van der Waals surface area contributed by atoms with Gasteiger partial charge in [-0.1, -0.05) is 19.4 Å². The molecule has 0 radical (unpaired) electrons. The van der Waals surface area contributed by atoms with E-state index in [1.807, 2.05) is 6.08 Å². The predicted molar refractivity (Wildman–Crippen MR) is 82.6 cm³/mol. The summed E-state index contributed by atoms with van der Waals surface area (Å²) < 4.78 is 0. The van der Waals surface area contributed by atoms with Gasteiger partial charge >= 0.3 is 0 Å². The smallest absolute Gasteiger partial charge is 0.155 e. The minimum absolute atomic E-state index is 0.0828. The Labute approximate surface area is 128 Å². The fourth-order valence-electron chi connectivity index (χ4n) is 6.56. The van der Waals surface area contributed by atoms with Crippen LogP contribution in [0.2, 0.25) is 0 Å². The molecule has 2 nitrogen and oxygen atoms in total. The third-order valence-electron chi connectivity index (χ3n) is 7.59. The molecule has 3 fully saturated rings. The van der Waals surface area contributed by atoms with Crippen molar-refractivity contribution in [3.8, 4) is 0 Å². The summed E-state index contributed by atoms with van der Waals surface area (Å²) in [7, 11) is 0. The third-order valence-corrected chi connectivity index (χ3v) is 7.59. The molecule has 116 valence electrons. The summed E-state index contributed by atoms with van der Waals surface area (Å²) in [5.41, 5.74) is 1.63. The molecular formula is C19H28O2. The zero-order valence-electron chi connectivity index (χ0n) is 13.3. The number of rotatable bonds is 0. The van der Waals surface area contributed by atoms with Crippen LogP contribution in [0.3, 0.4) is 0 Å². The highest BCUT2D eigenvalue weighted by atomic mass is 16.3.